The summed E-state index contributed by atoms with van der Waals surface area (Å²) < 4.78 is 5.74. The van der Waals surface area contributed by atoms with E-state index in [1.54, 1.807) is 0 Å². The van der Waals surface area contributed by atoms with E-state index < -0.39 is 0 Å². The predicted octanol–water partition coefficient (Wildman–Crippen LogP) is 1.93. The number of hydrogen-bond acceptors (Lipinski definition) is 4. The molecule has 2 N–H and O–H groups in total. The van der Waals surface area contributed by atoms with Gasteiger partial charge in [0, 0.05) is 44.6 Å². The molecule has 2 amide bonds. The average molecular weight is 392 g/mol. The van der Waals surface area contributed by atoms with Crippen molar-refractivity contribution in [1.82, 2.24) is 15.5 Å². The molecule has 0 aromatic rings. The molecule has 5 aliphatic rings. The molecule has 6 nitrogen and oxygen atoms in total. The highest BCUT2D eigenvalue weighted by Crippen LogP contribution is 2.60. The third-order valence-corrected chi connectivity index (χ3v) is 7.40. The second-order valence-corrected chi connectivity index (χ2v) is 10.1. The molecular weight excluding hydrogens is 354 g/mol. The Morgan fingerprint density at radius 1 is 0.929 bits per heavy atom. The molecule has 0 aromatic heterocycles. The van der Waals surface area contributed by atoms with Crippen LogP contribution in [-0.4, -0.2) is 61.6 Å². The Hall–Kier alpha value is -1.14. The van der Waals surface area contributed by atoms with Gasteiger partial charge in [0.05, 0.1) is 12.2 Å². The van der Waals surface area contributed by atoms with Crippen LogP contribution >= 0.6 is 0 Å². The largest absolute Gasteiger partial charge is 0.373 e. The average Bonchev–Trinajstić information content (AvgIpc) is 2.59. The summed E-state index contributed by atoms with van der Waals surface area (Å²) in [4.78, 5) is 27.4. The lowest BCUT2D eigenvalue weighted by Crippen LogP contribution is -2.53. The Morgan fingerprint density at radius 3 is 2.07 bits per heavy atom. The fourth-order valence-corrected chi connectivity index (χ4v) is 6.77. The maximum atomic E-state index is 12.9. The molecule has 1 saturated heterocycles. The smallest absolute Gasteiger partial charge is 0.226 e. The van der Waals surface area contributed by atoms with Gasteiger partial charge >= 0.3 is 0 Å². The van der Waals surface area contributed by atoms with Gasteiger partial charge in [0.2, 0.25) is 11.8 Å². The fraction of sp³-hybridized carbons (Fsp3) is 0.909. The van der Waals surface area contributed by atoms with E-state index in [1.807, 2.05) is 0 Å². The van der Waals surface area contributed by atoms with Crippen LogP contribution in [0.15, 0.2) is 0 Å². The molecule has 0 aromatic carbocycles. The van der Waals surface area contributed by atoms with Crippen molar-refractivity contribution in [3.63, 3.8) is 0 Å². The SMILES string of the molecule is CC1CN(CCNC(=O)CCNC(=O)C23CC4CC(CC(C4)C2)C3)CC(C)O1. The van der Waals surface area contributed by atoms with Crippen LogP contribution in [0.3, 0.4) is 0 Å². The third kappa shape index (κ3) is 4.54. The molecule has 28 heavy (non-hydrogen) atoms. The highest BCUT2D eigenvalue weighted by Gasteiger charge is 2.54. The number of amides is 2. The topological polar surface area (TPSA) is 70.7 Å². The van der Waals surface area contributed by atoms with Crippen LogP contribution < -0.4 is 10.6 Å². The van der Waals surface area contributed by atoms with Crippen molar-refractivity contribution in [2.75, 3.05) is 32.7 Å². The highest BCUT2D eigenvalue weighted by atomic mass is 16.5. The first-order valence-electron chi connectivity index (χ1n) is 11.3. The predicted molar refractivity (Wildman–Crippen MR) is 108 cm³/mol. The number of rotatable bonds is 7. The van der Waals surface area contributed by atoms with Gasteiger partial charge in [-0.05, 0) is 70.1 Å². The summed E-state index contributed by atoms with van der Waals surface area (Å²) in [7, 11) is 0. The zero-order valence-electron chi connectivity index (χ0n) is 17.5. The summed E-state index contributed by atoms with van der Waals surface area (Å²) in [5.74, 6) is 2.55. The van der Waals surface area contributed by atoms with E-state index in [1.165, 1.54) is 19.3 Å². The minimum atomic E-state index is -0.116. The first kappa shape index (κ1) is 20.1. The Balaban J connectivity index is 1.13. The normalized spacial score (nSPS) is 39.7. The molecule has 6 heteroatoms. The fourth-order valence-electron chi connectivity index (χ4n) is 6.77. The molecule has 0 radical (unpaired) electrons. The lowest BCUT2D eigenvalue weighted by Gasteiger charge is -2.55. The van der Waals surface area contributed by atoms with Gasteiger partial charge in [-0.2, -0.15) is 0 Å². The van der Waals surface area contributed by atoms with Crippen molar-refractivity contribution in [3.05, 3.63) is 0 Å². The van der Waals surface area contributed by atoms with Crippen molar-refractivity contribution >= 4 is 11.8 Å². The van der Waals surface area contributed by atoms with E-state index in [0.29, 0.717) is 19.5 Å². The summed E-state index contributed by atoms with van der Waals surface area (Å²) >= 11 is 0. The molecule has 4 saturated carbocycles. The minimum absolute atomic E-state index is 0.0279. The highest BCUT2D eigenvalue weighted by molar-refractivity contribution is 5.84. The second-order valence-electron chi connectivity index (χ2n) is 10.1. The van der Waals surface area contributed by atoms with Crippen LogP contribution in [0.1, 0.15) is 58.8 Å². The van der Waals surface area contributed by atoms with Gasteiger partial charge in [-0.1, -0.05) is 0 Å². The molecule has 4 bridgehead atoms. The molecule has 158 valence electrons. The maximum absolute atomic E-state index is 12.9. The molecule has 4 aliphatic carbocycles. The van der Waals surface area contributed by atoms with E-state index in [0.717, 1.165) is 56.7 Å². The van der Waals surface area contributed by atoms with Crippen molar-refractivity contribution in [2.24, 2.45) is 23.2 Å². The van der Waals surface area contributed by atoms with Gasteiger partial charge in [-0.15, -0.1) is 0 Å². The zero-order valence-corrected chi connectivity index (χ0v) is 17.5. The van der Waals surface area contributed by atoms with E-state index in [-0.39, 0.29) is 29.4 Å². The van der Waals surface area contributed by atoms with Gasteiger partial charge in [0.1, 0.15) is 0 Å². The van der Waals surface area contributed by atoms with Crippen molar-refractivity contribution in [1.29, 1.82) is 0 Å². The van der Waals surface area contributed by atoms with Crippen LogP contribution in [0, 0.1) is 23.2 Å². The molecule has 0 spiro atoms. The Labute approximate surface area is 169 Å². The van der Waals surface area contributed by atoms with Crippen molar-refractivity contribution < 1.29 is 14.3 Å². The van der Waals surface area contributed by atoms with E-state index in [4.69, 9.17) is 4.74 Å². The quantitative estimate of drug-likeness (QED) is 0.696. The summed E-state index contributed by atoms with van der Waals surface area (Å²) in [6.45, 7) is 7.98. The van der Waals surface area contributed by atoms with Crippen LogP contribution in [0.2, 0.25) is 0 Å². The van der Waals surface area contributed by atoms with Crippen LogP contribution in [-0.2, 0) is 14.3 Å². The minimum Gasteiger partial charge on any atom is -0.373 e. The summed E-state index contributed by atoms with van der Waals surface area (Å²) in [6, 6.07) is 0. The number of morpholine rings is 1. The third-order valence-electron chi connectivity index (χ3n) is 7.40. The van der Waals surface area contributed by atoms with E-state index >= 15 is 0 Å². The number of carbonyl (C=O) groups excluding carboxylic acids is 2. The van der Waals surface area contributed by atoms with Crippen LogP contribution in [0.5, 0.6) is 0 Å². The Kier molecular flexibility index (Phi) is 5.98. The Morgan fingerprint density at radius 2 is 1.50 bits per heavy atom. The van der Waals surface area contributed by atoms with Crippen LogP contribution in [0.4, 0.5) is 0 Å². The number of nitrogens with zero attached hydrogens (tertiary/aromatic N) is 1. The van der Waals surface area contributed by atoms with E-state index in [2.05, 4.69) is 29.4 Å². The van der Waals surface area contributed by atoms with Gasteiger partial charge in [-0.3, -0.25) is 14.5 Å². The van der Waals surface area contributed by atoms with Gasteiger partial charge in [0.15, 0.2) is 0 Å². The molecule has 2 atom stereocenters. The molecule has 2 unspecified atom stereocenters. The first-order chi connectivity index (χ1) is 13.4. The van der Waals surface area contributed by atoms with Gasteiger partial charge in [0.25, 0.3) is 0 Å². The first-order valence-corrected chi connectivity index (χ1v) is 11.3. The van der Waals surface area contributed by atoms with Gasteiger partial charge in [-0.25, -0.2) is 0 Å². The standard InChI is InChI=1S/C22H37N3O3/c1-15-13-25(14-16(2)28-15)6-5-23-20(26)3-4-24-21(27)22-10-17-7-18(11-22)9-19(8-17)12-22/h15-19H,3-14H2,1-2H3,(H,23,26)(H,24,27). The van der Waals surface area contributed by atoms with E-state index in [9.17, 15) is 9.59 Å². The summed E-state index contributed by atoms with van der Waals surface area (Å²) in [6.07, 6.45) is 8.13. The lowest BCUT2D eigenvalue weighted by atomic mass is 9.49. The van der Waals surface area contributed by atoms with Gasteiger partial charge < -0.3 is 15.4 Å². The monoisotopic (exact) mass is 391 g/mol. The summed E-state index contributed by atoms with van der Waals surface area (Å²) in [5.41, 5.74) is -0.116. The number of ether oxygens (including phenoxy) is 1. The number of carbonyl (C=O) groups is 2. The summed E-state index contributed by atoms with van der Waals surface area (Å²) in [5, 5.41) is 6.09. The van der Waals surface area contributed by atoms with Crippen molar-refractivity contribution in [2.45, 2.75) is 71.0 Å². The molecule has 1 aliphatic heterocycles. The molecular formula is C22H37N3O3. The molecule has 5 rings (SSSR count). The Bertz CT molecular complexity index is 548. The number of hydrogen-bond donors (Lipinski definition) is 2. The molecule has 1 heterocycles. The second kappa shape index (κ2) is 8.31. The maximum Gasteiger partial charge on any atom is 0.226 e. The lowest BCUT2D eigenvalue weighted by molar-refractivity contribution is -0.146. The van der Waals surface area contributed by atoms with Crippen LogP contribution in [0.25, 0.3) is 0 Å². The number of nitrogens with one attached hydrogen (secondary N) is 2. The zero-order chi connectivity index (χ0) is 19.7. The van der Waals surface area contributed by atoms with Crippen molar-refractivity contribution in [3.8, 4) is 0 Å². The molecule has 5 fully saturated rings.